The van der Waals surface area contributed by atoms with Gasteiger partial charge >= 0.3 is 0 Å². The largest absolute Gasteiger partial charge is 0.355 e. The summed E-state index contributed by atoms with van der Waals surface area (Å²) < 4.78 is 1.59. The summed E-state index contributed by atoms with van der Waals surface area (Å²) in [6.45, 7) is 6.26. The van der Waals surface area contributed by atoms with Gasteiger partial charge in [-0.3, -0.25) is 14.2 Å². The van der Waals surface area contributed by atoms with Crippen molar-refractivity contribution in [1.82, 2.24) is 14.9 Å². The number of aromatic nitrogens is 2. The molecule has 0 radical (unpaired) electrons. The van der Waals surface area contributed by atoms with Crippen LogP contribution in [-0.2, 0) is 4.79 Å². The first-order valence-corrected chi connectivity index (χ1v) is 9.42. The zero-order valence-electron chi connectivity index (χ0n) is 15.0. The second-order valence-electron chi connectivity index (χ2n) is 6.04. The molecule has 0 fully saturated rings. The predicted octanol–water partition coefficient (Wildman–Crippen LogP) is 3.31. The van der Waals surface area contributed by atoms with Crippen molar-refractivity contribution in [2.75, 3.05) is 6.54 Å². The van der Waals surface area contributed by atoms with E-state index in [1.54, 1.807) is 10.6 Å². The van der Waals surface area contributed by atoms with E-state index in [4.69, 9.17) is 0 Å². The first kappa shape index (κ1) is 18.2. The molecule has 2 aromatic carbocycles. The second-order valence-corrected chi connectivity index (χ2v) is 7.35. The highest BCUT2D eigenvalue weighted by atomic mass is 32.2. The Morgan fingerprint density at radius 2 is 1.88 bits per heavy atom. The normalized spacial score (nSPS) is 12.1. The van der Waals surface area contributed by atoms with Gasteiger partial charge in [-0.05, 0) is 45.0 Å². The van der Waals surface area contributed by atoms with E-state index in [0.29, 0.717) is 22.6 Å². The van der Waals surface area contributed by atoms with E-state index in [9.17, 15) is 9.59 Å². The van der Waals surface area contributed by atoms with Crippen LogP contribution in [0.4, 0.5) is 0 Å². The Balaban J connectivity index is 2.16. The number of carbonyl (C=O) groups excluding carboxylic acids is 1. The Hall–Kier alpha value is -2.60. The SMILES string of the molecule is CCNC(=O)[C@@H](C)Sc1nc2ccccc2c(=O)n1-c1ccc(C)cc1. The summed E-state index contributed by atoms with van der Waals surface area (Å²) in [5.74, 6) is -0.0737. The fraction of sp³-hybridized carbons (Fsp3) is 0.250. The summed E-state index contributed by atoms with van der Waals surface area (Å²) in [6.07, 6.45) is 0. The molecule has 3 rings (SSSR count). The van der Waals surface area contributed by atoms with Crippen LogP contribution in [0, 0.1) is 6.92 Å². The van der Waals surface area contributed by atoms with E-state index in [1.807, 2.05) is 63.2 Å². The van der Waals surface area contributed by atoms with Crippen molar-refractivity contribution >= 4 is 28.6 Å². The molecule has 1 amide bonds. The summed E-state index contributed by atoms with van der Waals surface area (Å²) in [7, 11) is 0. The molecule has 3 aromatic rings. The number of benzene rings is 2. The molecule has 5 nitrogen and oxygen atoms in total. The highest BCUT2D eigenvalue weighted by Crippen LogP contribution is 2.25. The van der Waals surface area contributed by atoms with Crippen LogP contribution in [0.1, 0.15) is 19.4 Å². The maximum Gasteiger partial charge on any atom is 0.266 e. The molecule has 1 aromatic heterocycles. The summed E-state index contributed by atoms with van der Waals surface area (Å²) in [4.78, 5) is 29.9. The van der Waals surface area contributed by atoms with Gasteiger partial charge in [0.25, 0.3) is 5.56 Å². The molecule has 0 unspecified atom stereocenters. The van der Waals surface area contributed by atoms with E-state index >= 15 is 0 Å². The van der Waals surface area contributed by atoms with Gasteiger partial charge in [-0.25, -0.2) is 4.98 Å². The number of amides is 1. The van der Waals surface area contributed by atoms with Crippen LogP contribution in [0.3, 0.4) is 0 Å². The maximum atomic E-state index is 13.1. The van der Waals surface area contributed by atoms with Crippen molar-refractivity contribution < 1.29 is 4.79 Å². The van der Waals surface area contributed by atoms with Crippen molar-refractivity contribution in [1.29, 1.82) is 0 Å². The molecule has 0 aliphatic heterocycles. The third kappa shape index (κ3) is 3.65. The third-order valence-corrected chi connectivity index (χ3v) is 5.09. The molecule has 0 saturated carbocycles. The number of fused-ring (bicyclic) bond motifs is 1. The van der Waals surface area contributed by atoms with Crippen molar-refractivity contribution in [2.45, 2.75) is 31.2 Å². The van der Waals surface area contributed by atoms with E-state index in [-0.39, 0.29) is 16.7 Å². The minimum absolute atomic E-state index is 0.0737. The minimum Gasteiger partial charge on any atom is -0.355 e. The average molecular weight is 367 g/mol. The number of rotatable bonds is 5. The lowest BCUT2D eigenvalue weighted by Crippen LogP contribution is -2.31. The molecule has 134 valence electrons. The molecular formula is C20H21N3O2S. The molecule has 0 aliphatic carbocycles. The van der Waals surface area contributed by atoms with Gasteiger partial charge in [0, 0.05) is 6.54 Å². The van der Waals surface area contributed by atoms with Crippen LogP contribution in [0.2, 0.25) is 0 Å². The number of aryl methyl sites for hydroxylation is 1. The standard InChI is InChI=1S/C20H21N3O2S/c1-4-21-18(24)14(3)26-20-22-17-8-6-5-7-16(17)19(25)23(20)15-11-9-13(2)10-12-15/h5-12,14H,4H2,1-3H3,(H,21,24)/t14-/m1/s1. The molecule has 0 spiro atoms. The Morgan fingerprint density at radius 3 is 2.58 bits per heavy atom. The van der Waals surface area contributed by atoms with Crippen LogP contribution in [-0.4, -0.2) is 27.3 Å². The highest BCUT2D eigenvalue weighted by molar-refractivity contribution is 8.00. The molecule has 1 heterocycles. The number of nitrogens with zero attached hydrogens (tertiary/aromatic N) is 2. The molecule has 26 heavy (non-hydrogen) atoms. The first-order chi connectivity index (χ1) is 12.5. The molecule has 6 heteroatoms. The number of nitrogens with one attached hydrogen (secondary N) is 1. The smallest absolute Gasteiger partial charge is 0.266 e. The fourth-order valence-electron chi connectivity index (χ4n) is 2.64. The zero-order valence-corrected chi connectivity index (χ0v) is 15.8. The quantitative estimate of drug-likeness (QED) is 0.555. The number of hydrogen-bond acceptors (Lipinski definition) is 4. The number of hydrogen-bond donors (Lipinski definition) is 1. The van der Waals surface area contributed by atoms with Crippen LogP contribution in [0.15, 0.2) is 58.5 Å². The van der Waals surface area contributed by atoms with Gasteiger partial charge in [0.15, 0.2) is 5.16 Å². The molecule has 1 atom stereocenters. The number of para-hydroxylation sites is 1. The molecule has 0 aliphatic rings. The van der Waals surface area contributed by atoms with Crippen LogP contribution < -0.4 is 10.9 Å². The zero-order chi connectivity index (χ0) is 18.7. The van der Waals surface area contributed by atoms with Gasteiger partial charge in [0.05, 0.1) is 21.8 Å². The van der Waals surface area contributed by atoms with Crippen LogP contribution in [0.5, 0.6) is 0 Å². The minimum atomic E-state index is -0.361. The van der Waals surface area contributed by atoms with Gasteiger partial charge in [0.2, 0.25) is 5.91 Å². The lowest BCUT2D eigenvalue weighted by molar-refractivity contribution is -0.120. The van der Waals surface area contributed by atoms with E-state index in [2.05, 4.69) is 10.3 Å². The number of carbonyl (C=O) groups is 1. The third-order valence-electron chi connectivity index (χ3n) is 4.04. The van der Waals surface area contributed by atoms with Crippen LogP contribution >= 0.6 is 11.8 Å². The Labute approximate surface area is 156 Å². The van der Waals surface area contributed by atoms with Crippen molar-refractivity contribution in [3.8, 4) is 5.69 Å². The average Bonchev–Trinajstić information content (AvgIpc) is 2.63. The van der Waals surface area contributed by atoms with E-state index in [1.165, 1.54) is 11.8 Å². The Kier molecular flexibility index (Phi) is 5.42. The van der Waals surface area contributed by atoms with Crippen LogP contribution in [0.25, 0.3) is 16.6 Å². The molecule has 0 saturated heterocycles. The lowest BCUT2D eigenvalue weighted by atomic mass is 10.2. The van der Waals surface area contributed by atoms with Gasteiger partial charge in [-0.15, -0.1) is 0 Å². The predicted molar refractivity (Wildman–Crippen MR) is 106 cm³/mol. The number of thioether (sulfide) groups is 1. The van der Waals surface area contributed by atoms with Crippen molar-refractivity contribution in [3.63, 3.8) is 0 Å². The fourth-order valence-corrected chi connectivity index (χ4v) is 3.59. The van der Waals surface area contributed by atoms with Gasteiger partial charge in [-0.2, -0.15) is 0 Å². The Bertz CT molecular complexity index is 996. The maximum absolute atomic E-state index is 13.1. The highest BCUT2D eigenvalue weighted by Gasteiger charge is 2.19. The first-order valence-electron chi connectivity index (χ1n) is 8.54. The van der Waals surface area contributed by atoms with Crippen molar-refractivity contribution in [2.24, 2.45) is 0 Å². The summed E-state index contributed by atoms with van der Waals surface area (Å²) in [6, 6.07) is 15.0. The van der Waals surface area contributed by atoms with Gasteiger partial charge < -0.3 is 5.32 Å². The monoisotopic (exact) mass is 367 g/mol. The van der Waals surface area contributed by atoms with E-state index in [0.717, 1.165) is 11.3 Å². The summed E-state index contributed by atoms with van der Waals surface area (Å²) >= 11 is 1.29. The van der Waals surface area contributed by atoms with E-state index < -0.39 is 0 Å². The summed E-state index contributed by atoms with van der Waals surface area (Å²) in [5, 5.41) is 3.52. The van der Waals surface area contributed by atoms with Gasteiger partial charge in [-0.1, -0.05) is 41.6 Å². The summed E-state index contributed by atoms with van der Waals surface area (Å²) in [5.41, 5.74) is 2.35. The van der Waals surface area contributed by atoms with Crippen molar-refractivity contribution in [3.05, 3.63) is 64.4 Å². The molecule has 1 N–H and O–H groups in total. The lowest BCUT2D eigenvalue weighted by Gasteiger charge is -2.16. The second kappa shape index (κ2) is 7.74. The Morgan fingerprint density at radius 1 is 1.19 bits per heavy atom. The molecule has 0 bridgehead atoms. The molecular weight excluding hydrogens is 346 g/mol. The topological polar surface area (TPSA) is 64.0 Å². The van der Waals surface area contributed by atoms with Gasteiger partial charge in [0.1, 0.15) is 0 Å².